The zero-order valence-electron chi connectivity index (χ0n) is 8.19. The summed E-state index contributed by atoms with van der Waals surface area (Å²) in [6.07, 6.45) is 2.99. The number of hydrogen-bond donors (Lipinski definition) is 3. The van der Waals surface area contributed by atoms with Gasteiger partial charge in [-0.25, -0.2) is 0 Å². The Morgan fingerprint density at radius 2 is 2.33 bits per heavy atom. The molecule has 1 rings (SSSR count). The van der Waals surface area contributed by atoms with Crippen molar-refractivity contribution >= 4 is 0 Å². The summed E-state index contributed by atoms with van der Waals surface area (Å²) in [5.74, 6) is 0. The summed E-state index contributed by atoms with van der Waals surface area (Å²) in [5, 5.41) is 3.28. The van der Waals surface area contributed by atoms with Gasteiger partial charge in [0.1, 0.15) is 0 Å². The van der Waals surface area contributed by atoms with Gasteiger partial charge in [0.2, 0.25) is 0 Å². The monoisotopic (exact) mass is 171 g/mol. The fourth-order valence-electron chi connectivity index (χ4n) is 1.02. The molecule has 12 heavy (non-hydrogen) atoms. The molecular weight excluding hydrogens is 150 g/mol. The molecule has 0 aromatic carbocycles. The number of hydrazine groups is 1. The van der Waals surface area contributed by atoms with E-state index in [1.54, 1.807) is 6.08 Å². The van der Waals surface area contributed by atoms with Crippen LogP contribution >= 0.6 is 0 Å². The van der Waals surface area contributed by atoms with E-state index in [4.69, 9.17) is 0 Å². The molecule has 0 aromatic rings. The van der Waals surface area contributed by atoms with E-state index in [1.165, 1.54) is 6.42 Å². The van der Waals surface area contributed by atoms with Gasteiger partial charge in [-0.1, -0.05) is 13.0 Å². The molecule has 0 saturated carbocycles. The van der Waals surface area contributed by atoms with E-state index in [0.717, 1.165) is 19.6 Å². The Hall–Kier alpha value is -0.380. The molecule has 1 atom stereocenters. The molecule has 0 bridgehead atoms. The lowest BCUT2D eigenvalue weighted by Crippen LogP contribution is -2.41. The summed E-state index contributed by atoms with van der Waals surface area (Å²) in [7, 11) is 0. The van der Waals surface area contributed by atoms with Crippen molar-refractivity contribution in [2.75, 3.05) is 19.6 Å². The maximum atomic E-state index is 3.36. The highest BCUT2D eigenvalue weighted by Gasteiger charge is 2.11. The topological polar surface area (TPSA) is 36.1 Å². The van der Waals surface area contributed by atoms with E-state index in [1.807, 2.05) is 6.92 Å². The Balaban J connectivity index is 0.000000354. The van der Waals surface area contributed by atoms with Crippen LogP contribution in [0.2, 0.25) is 0 Å². The molecule has 1 saturated heterocycles. The molecule has 3 nitrogen and oxygen atoms in total. The van der Waals surface area contributed by atoms with Crippen molar-refractivity contribution in [2.24, 2.45) is 0 Å². The Kier molecular flexibility index (Phi) is 8.44. The SMILES string of the molecule is C=CC.CCNNC1CCNC1. The van der Waals surface area contributed by atoms with Gasteiger partial charge in [0.25, 0.3) is 0 Å². The predicted molar refractivity (Wildman–Crippen MR) is 54.0 cm³/mol. The average Bonchev–Trinajstić information content (AvgIpc) is 2.54. The molecule has 72 valence electrons. The van der Waals surface area contributed by atoms with Gasteiger partial charge in [-0.05, 0) is 19.9 Å². The van der Waals surface area contributed by atoms with Crippen molar-refractivity contribution in [3.8, 4) is 0 Å². The third-order valence-corrected chi connectivity index (χ3v) is 1.54. The second-order valence-electron chi connectivity index (χ2n) is 2.77. The van der Waals surface area contributed by atoms with Gasteiger partial charge in [-0.2, -0.15) is 0 Å². The first-order valence-corrected chi connectivity index (χ1v) is 4.61. The van der Waals surface area contributed by atoms with Crippen molar-refractivity contribution in [1.82, 2.24) is 16.2 Å². The van der Waals surface area contributed by atoms with Crippen LogP contribution in [0.5, 0.6) is 0 Å². The summed E-state index contributed by atoms with van der Waals surface area (Å²) < 4.78 is 0. The molecule has 3 N–H and O–H groups in total. The molecule has 1 aliphatic heterocycles. The maximum absolute atomic E-state index is 3.36. The fraction of sp³-hybridized carbons (Fsp3) is 0.778. The van der Waals surface area contributed by atoms with E-state index in [0.29, 0.717) is 6.04 Å². The molecule has 0 radical (unpaired) electrons. The van der Waals surface area contributed by atoms with Crippen LogP contribution < -0.4 is 16.2 Å². The molecule has 0 spiro atoms. The highest BCUT2D eigenvalue weighted by Crippen LogP contribution is 1.93. The van der Waals surface area contributed by atoms with Crippen LogP contribution in [0.3, 0.4) is 0 Å². The minimum Gasteiger partial charge on any atom is -0.315 e. The van der Waals surface area contributed by atoms with Crippen molar-refractivity contribution in [2.45, 2.75) is 26.3 Å². The number of hydrogen-bond acceptors (Lipinski definition) is 3. The van der Waals surface area contributed by atoms with E-state index in [9.17, 15) is 0 Å². The minimum absolute atomic E-state index is 0.643. The molecule has 1 unspecified atom stereocenters. The average molecular weight is 171 g/mol. The van der Waals surface area contributed by atoms with Crippen LogP contribution in [0.1, 0.15) is 20.3 Å². The molecule has 0 aromatic heterocycles. The highest BCUT2D eigenvalue weighted by molar-refractivity contribution is 4.75. The molecule has 1 aliphatic rings. The van der Waals surface area contributed by atoms with Crippen molar-refractivity contribution in [1.29, 1.82) is 0 Å². The van der Waals surface area contributed by atoms with Crippen LogP contribution in [-0.2, 0) is 0 Å². The van der Waals surface area contributed by atoms with Crippen molar-refractivity contribution in [3.63, 3.8) is 0 Å². The summed E-state index contributed by atoms with van der Waals surface area (Å²) in [4.78, 5) is 0. The Labute approximate surface area is 75.6 Å². The number of allylic oxidation sites excluding steroid dienone is 1. The van der Waals surface area contributed by atoms with E-state index >= 15 is 0 Å². The normalized spacial score (nSPS) is 21.3. The molecular formula is C9H21N3. The zero-order chi connectivity index (χ0) is 9.23. The molecule has 0 aliphatic carbocycles. The predicted octanol–water partition coefficient (Wildman–Crippen LogP) is 0.655. The second kappa shape index (κ2) is 8.71. The lowest BCUT2D eigenvalue weighted by molar-refractivity contribution is 0.461. The number of nitrogens with one attached hydrogen (secondary N) is 3. The van der Waals surface area contributed by atoms with Gasteiger partial charge in [-0.3, -0.25) is 10.9 Å². The second-order valence-corrected chi connectivity index (χ2v) is 2.77. The van der Waals surface area contributed by atoms with Crippen LogP contribution in [-0.4, -0.2) is 25.7 Å². The van der Waals surface area contributed by atoms with Gasteiger partial charge in [-0.15, -0.1) is 6.58 Å². The van der Waals surface area contributed by atoms with E-state index in [2.05, 4.69) is 29.7 Å². The Morgan fingerprint density at radius 1 is 1.67 bits per heavy atom. The van der Waals surface area contributed by atoms with Gasteiger partial charge in [0, 0.05) is 19.1 Å². The van der Waals surface area contributed by atoms with Crippen LogP contribution in [0, 0.1) is 0 Å². The fourth-order valence-corrected chi connectivity index (χ4v) is 1.02. The molecule has 0 amide bonds. The molecule has 1 fully saturated rings. The summed E-state index contributed by atoms with van der Waals surface area (Å²) >= 11 is 0. The smallest absolute Gasteiger partial charge is 0.0349 e. The van der Waals surface area contributed by atoms with Crippen LogP contribution in [0.15, 0.2) is 12.7 Å². The van der Waals surface area contributed by atoms with Crippen molar-refractivity contribution < 1.29 is 0 Å². The van der Waals surface area contributed by atoms with E-state index < -0.39 is 0 Å². The first-order chi connectivity index (χ1) is 5.85. The summed E-state index contributed by atoms with van der Waals surface area (Å²) in [6.45, 7) is 10.6. The highest BCUT2D eigenvalue weighted by atomic mass is 15.4. The quantitative estimate of drug-likeness (QED) is 0.431. The number of rotatable bonds is 3. The maximum Gasteiger partial charge on any atom is 0.0349 e. The third kappa shape index (κ3) is 6.34. The Morgan fingerprint density at radius 3 is 2.75 bits per heavy atom. The zero-order valence-corrected chi connectivity index (χ0v) is 8.19. The first kappa shape index (κ1) is 11.6. The van der Waals surface area contributed by atoms with Crippen LogP contribution in [0.25, 0.3) is 0 Å². The molecule has 1 heterocycles. The van der Waals surface area contributed by atoms with Gasteiger partial charge >= 0.3 is 0 Å². The lowest BCUT2D eigenvalue weighted by Gasteiger charge is -2.09. The summed E-state index contributed by atoms with van der Waals surface area (Å²) in [5.41, 5.74) is 6.32. The van der Waals surface area contributed by atoms with Crippen LogP contribution in [0.4, 0.5) is 0 Å². The summed E-state index contributed by atoms with van der Waals surface area (Å²) in [6, 6.07) is 0.643. The van der Waals surface area contributed by atoms with Gasteiger partial charge in [0.05, 0.1) is 0 Å². The van der Waals surface area contributed by atoms with Gasteiger partial charge in [0.15, 0.2) is 0 Å². The largest absolute Gasteiger partial charge is 0.315 e. The first-order valence-electron chi connectivity index (χ1n) is 4.61. The lowest BCUT2D eigenvalue weighted by atomic mass is 10.3. The van der Waals surface area contributed by atoms with E-state index in [-0.39, 0.29) is 0 Å². The van der Waals surface area contributed by atoms with Gasteiger partial charge < -0.3 is 5.32 Å². The molecule has 3 heteroatoms. The third-order valence-electron chi connectivity index (χ3n) is 1.54. The Bertz CT molecular complexity index is 97.9. The standard InChI is InChI=1S/C6H15N3.C3H6/c1-2-8-9-6-3-4-7-5-6;1-3-2/h6-9H,2-5H2,1H3;3H,1H2,2H3. The van der Waals surface area contributed by atoms with Crippen molar-refractivity contribution in [3.05, 3.63) is 12.7 Å². The minimum atomic E-state index is 0.643.